The maximum atomic E-state index is 11.4. The van der Waals surface area contributed by atoms with Crippen molar-refractivity contribution >= 4 is 23.2 Å². The highest BCUT2D eigenvalue weighted by Crippen LogP contribution is 2.12. The van der Waals surface area contributed by atoms with Gasteiger partial charge in [-0.1, -0.05) is 0 Å². The first kappa shape index (κ1) is 11.2. The fourth-order valence-electron chi connectivity index (χ4n) is 1.60. The molecule has 2 rings (SSSR count). The zero-order chi connectivity index (χ0) is 11.5. The fourth-order valence-corrected chi connectivity index (χ4v) is 2.34. The van der Waals surface area contributed by atoms with E-state index in [-0.39, 0.29) is 17.9 Å². The molecule has 1 atom stereocenters. The number of carbonyl (C=O) groups is 2. The van der Waals surface area contributed by atoms with Crippen molar-refractivity contribution in [3.05, 3.63) is 16.1 Å². The van der Waals surface area contributed by atoms with Crippen molar-refractivity contribution in [2.75, 3.05) is 0 Å². The summed E-state index contributed by atoms with van der Waals surface area (Å²) < 4.78 is 0. The number of nitrogens with one attached hydrogen (secondary N) is 2. The number of hydrogen-bond acceptors (Lipinski definition) is 5. The van der Waals surface area contributed by atoms with Crippen LogP contribution in [0.15, 0.2) is 6.20 Å². The maximum absolute atomic E-state index is 11.4. The normalized spacial score (nSPS) is 20.9. The van der Waals surface area contributed by atoms with Gasteiger partial charge in [0.2, 0.25) is 11.8 Å². The topological polar surface area (TPSA) is 71.1 Å². The summed E-state index contributed by atoms with van der Waals surface area (Å²) in [6, 6.07) is -0.264. The van der Waals surface area contributed by atoms with Gasteiger partial charge in [0.1, 0.15) is 0 Å². The first-order chi connectivity index (χ1) is 7.65. The van der Waals surface area contributed by atoms with Gasteiger partial charge in [-0.25, -0.2) is 4.98 Å². The van der Waals surface area contributed by atoms with E-state index < -0.39 is 0 Å². The smallest absolute Gasteiger partial charge is 0.243 e. The molecule has 1 saturated heterocycles. The van der Waals surface area contributed by atoms with Crippen LogP contribution in [0, 0.1) is 6.92 Å². The molecule has 1 aromatic heterocycles. The van der Waals surface area contributed by atoms with Crippen LogP contribution in [0.1, 0.15) is 22.7 Å². The van der Waals surface area contributed by atoms with E-state index in [1.165, 1.54) is 0 Å². The van der Waals surface area contributed by atoms with Crippen molar-refractivity contribution < 1.29 is 9.59 Å². The van der Waals surface area contributed by atoms with Gasteiger partial charge in [-0.3, -0.25) is 14.9 Å². The second kappa shape index (κ2) is 4.71. The van der Waals surface area contributed by atoms with Crippen LogP contribution < -0.4 is 10.6 Å². The van der Waals surface area contributed by atoms with Crippen LogP contribution in [0.4, 0.5) is 0 Å². The van der Waals surface area contributed by atoms with Gasteiger partial charge in [0.05, 0.1) is 11.0 Å². The summed E-state index contributed by atoms with van der Waals surface area (Å²) in [6.07, 6.45) is 2.78. The molecule has 16 heavy (non-hydrogen) atoms. The molecule has 0 spiro atoms. The van der Waals surface area contributed by atoms with E-state index >= 15 is 0 Å². The van der Waals surface area contributed by atoms with Crippen LogP contribution in [0.3, 0.4) is 0 Å². The van der Waals surface area contributed by atoms with Crippen molar-refractivity contribution in [1.29, 1.82) is 0 Å². The monoisotopic (exact) mass is 239 g/mol. The van der Waals surface area contributed by atoms with Crippen molar-refractivity contribution in [1.82, 2.24) is 15.6 Å². The number of aryl methyl sites for hydroxylation is 1. The summed E-state index contributed by atoms with van der Waals surface area (Å²) in [7, 11) is 0. The predicted octanol–water partition coefficient (Wildman–Crippen LogP) is 0.346. The molecule has 0 radical (unpaired) electrons. The highest BCUT2D eigenvalue weighted by Gasteiger charge is 2.25. The van der Waals surface area contributed by atoms with E-state index in [1.54, 1.807) is 17.5 Å². The summed E-state index contributed by atoms with van der Waals surface area (Å²) in [6.45, 7) is 2.57. The number of amides is 2. The molecule has 0 bridgehead atoms. The Morgan fingerprint density at radius 1 is 1.62 bits per heavy atom. The summed E-state index contributed by atoms with van der Waals surface area (Å²) in [4.78, 5) is 27.6. The van der Waals surface area contributed by atoms with E-state index in [2.05, 4.69) is 15.6 Å². The van der Waals surface area contributed by atoms with Crippen molar-refractivity contribution in [3.63, 3.8) is 0 Å². The molecule has 1 unspecified atom stereocenters. The molecule has 5 nitrogen and oxygen atoms in total. The second-order valence-corrected chi connectivity index (χ2v) is 5.05. The van der Waals surface area contributed by atoms with Crippen LogP contribution in [0.2, 0.25) is 0 Å². The van der Waals surface area contributed by atoms with E-state index in [0.29, 0.717) is 19.4 Å². The number of aromatic nitrogens is 1. The Labute approximate surface area is 97.3 Å². The third kappa shape index (κ3) is 2.65. The van der Waals surface area contributed by atoms with Crippen LogP contribution in [0.25, 0.3) is 0 Å². The van der Waals surface area contributed by atoms with E-state index in [9.17, 15) is 9.59 Å². The third-order valence-electron chi connectivity index (χ3n) is 2.43. The summed E-state index contributed by atoms with van der Waals surface area (Å²) in [5, 5.41) is 6.46. The summed E-state index contributed by atoms with van der Waals surface area (Å²) in [5.41, 5.74) is 0. The van der Waals surface area contributed by atoms with Gasteiger partial charge >= 0.3 is 0 Å². The second-order valence-electron chi connectivity index (χ2n) is 3.73. The Balaban J connectivity index is 1.86. The molecule has 1 aromatic rings. The van der Waals surface area contributed by atoms with Gasteiger partial charge in [-0.2, -0.15) is 0 Å². The molecule has 1 fully saturated rings. The zero-order valence-corrected chi connectivity index (χ0v) is 9.76. The van der Waals surface area contributed by atoms with Crippen molar-refractivity contribution in [2.24, 2.45) is 0 Å². The van der Waals surface area contributed by atoms with E-state index in [1.807, 2.05) is 6.92 Å². The molecule has 2 N–H and O–H groups in total. The average Bonchev–Trinajstić information content (AvgIpc) is 2.63. The van der Waals surface area contributed by atoms with Gasteiger partial charge in [-0.15, -0.1) is 11.3 Å². The molecule has 2 heterocycles. The summed E-state index contributed by atoms with van der Waals surface area (Å²) in [5.74, 6) is -0.408. The fraction of sp³-hybridized carbons (Fsp3) is 0.500. The quantitative estimate of drug-likeness (QED) is 0.746. The Morgan fingerprint density at radius 2 is 2.44 bits per heavy atom. The number of hydrogen-bond donors (Lipinski definition) is 2. The van der Waals surface area contributed by atoms with Gasteiger partial charge in [-0.05, 0) is 13.3 Å². The maximum Gasteiger partial charge on any atom is 0.243 e. The molecule has 1 aliphatic heterocycles. The minimum atomic E-state index is -0.264. The molecule has 0 aromatic carbocycles. The molecule has 1 aliphatic rings. The lowest BCUT2D eigenvalue weighted by atomic mass is 10.1. The minimum absolute atomic E-state index is 0.184. The van der Waals surface area contributed by atoms with Crippen LogP contribution >= 0.6 is 11.3 Å². The molecule has 6 heteroatoms. The lowest BCUT2D eigenvalue weighted by molar-refractivity contribution is -0.134. The number of imide groups is 1. The van der Waals surface area contributed by atoms with Gasteiger partial charge < -0.3 is 5.32 Å². The first-order valence-electron chi connectivity index (χ1n) is 5.13. The zero-order valence-electron chi connectivity index (χ0n) is 8.95. The minimum Gasteiger partial charge on any atom is -0.301 e. The Hall–Kier alpha value is -1.27. The van der Waals surface area contributed by atoms with Crippen molar-refractivity contribution in [3.8, 4) is 0 Å². The van der Waals surface area contributed by atoms with E-state index in [4.69, 9.17) is 0 Å². The van der Waals surface area contributed by atoms with Gasteiger partial charge in [0.15, 0.2) is 0 Å². The molecule has 2 amide bonds. The number of rotatable bonds is 3. The van der Waals surface area contributed by atoms with Crippen LogP contribution in [-0.4, -0.2) is 22.8 Å². The third-order valence-corrected chi connectivity index (χ3v) is 3.34. The highest BCUT2D eigenvalue weighted by molar-refractivity contribution is 7.11. The largest absolute Gasteiger partial charge is 0.301 e. The SMILES string of the molecule is Cc1ncc(CNC2CCC(=O)NC2=O)s1. The summed E-state index contributed by atoms with van der Waals surface area (Å²) >= 11 is 1.61. The first-order valence-corrected chi connectivity index (χ1v) is 5.95. The van der Waals surface area contributed by atoms with Gasteiger partial charge in [0.25, 0.3) is 0 Å². The lowest BCUT2D eigenvalue weighted by Gasteiger charge is -2.21. The average molecular weight is 239 g/mol. The predicted molar refractivity (Wildman–Crippen MR) is 59.9 cm³/mol. The Morgan fingerprint density at radius 3 is 3.06 bits per heavy atom. The number of piperidine rings is 1. The van der Waals surface area contributed by atoms with E-state index in [0.717, 1.165) is 9.88 Å². The molecule has 0 aliphatic carbocycles. The molecular formula is C10H13N3O2S. The van der Waals surface area contributed by atoms with Crippen LogP contribution in [0.5, 0.6) is 0 Å². The van der Waals surface area contributed by atoms with Crippen LogP contribution in [-0.2, 0) is 16.1 Å². The molecule has 86 valence electrons. The van der Waals surface area contributed by atoms with Gasteiger partial charge in [0, 0.05) is 24.0 Å². The number of thiazole rings is 1. The number of carbonyl (C=O) groups excluding carboxylic acids is 2. The van der Waals surface area contributed by atoms with Crippen molar-refractivity contribution in [2.45, 2.75) is 32.4 Å². The number of nitrogens with zero attached hydrogens (tertiary/aromatic N) is 1. The standard InChI is InChI=1S/C10H13N3O2S/c1-6-11-4-7(16-6)5-12-8-2-3-9(14)13-10(8)15/h4,8,12H,2-3,5H2,1H3,(H,13,14,15). The lowest BCUT2D eigenvalue weighted by Crippen LogP contribution is -2.50. The molecular weight excluding hydrogens is 226 g/mol. The highest BCUT2D eigenvalue weighted by atomic mass is 32.1. The Bertz CT molecular complexity index is 416. The Kier molecular flexibility index (Phi) is 3.31. The molecule has 0 saturated carbocycles.